The zero-order valence-corrected chi connectivity index (χ0v) is 15.0. The van der Waals surface area contributed by atoms with Gasteiger partial charge in [-0.25, -0.2) is 0 Å². The first-order valence-electron chi connectivity index (χ1n) is 7.14. The first-order chi connectivity index (χ1) is 11.1. The molecule has 5 heteroatoms. The molecule has 0 bridgehead atoms. The number of rotatable bonds is 3. The molecule has 0 saturated heterocycles. The number of aryl methyl sites for hydroxylation is 1. The number of thiazole rings is 1. The Bertz CT molecular complexity index is 951. The van der Waals surface area contributed by atoms with Crippen molar-refractivity contribution >= 4 is 43.4 Å². The molecule has 2 aromatic carbocycles. The number of carbonyl (C=O) groups excluding carboxylic acids is 1. The van der Waals surface area contributed by atoms with Crippen LogP contribution in [0.15, 0.2) is 64.6 Å². The van der Waals surface area contributed by atoms with Crippen molar-refractivity contribution in [2.75, 3.05) is 0 Å². The molecule has 0 fully saturated rings. The minimum Gasteiger partial charge on any atom is -0.312 e. The molecule has 0 aliphatic heterocycles. The van der Waals surface area contributed by atoms with E-state index in [9.17, 15) is 4.79 Å². The van der Waals surface area contributed by atoms with Gasteiger partial charge in [0.25, 0.3) is 5.91 Å². The van der Waals surface area contributed by atoms with Crippen LogP contribution < -0.4 is 4.80 Å². The van der Waals surface area contributed by atoms with Gasteiger partial charge in [-0.05, 0) is 37.3 Å². The van der Waals surface area contributed by atoms with Crippen molar-refractivity contribution in [3.05, 3.63) is 75.5 Å². The highest BCUT2D eigenvalue weighted by Gasteiger charge is 2.09. The van der Waals surface area contributed by atoms with E-state index >= 15 is 0 Å². The number of halogens is 1. The van der Waals surface area contributed by atoms with Crippen molar-refractivity contribution in [3.8, 4) is 0 Å². The monoisotopic (exact) mass is 386 g/mol. The highest BCUT2D eigenvalue weighted by atomic mass is 79.9. The summed E-state index contributed by atoms with van der Waals surface area (Å²) in [6.07, 6.45) is 1.81. The summed E-state index contributed by atoms with van der Waals surface area (Å²) in [5.74, 6) is -0.228. The predicted molar refractivity (Wildman–Crippen MR) is 98.8 cm³/mol. The zero-order chi connectivity index (χ0) is 16.4. The van der Waals surface area contributed by atoms with Crippen LogP contribution in [-0.4, -0.2) is 10.5 Å². The van der Waals surface area contributed by atoms with E-state index in [4.69, 9.17) is 0 Å². The lowest BCUT2D eigenvalue weighted by Crippen LogP contribution is -2.16. The number of amides is 1. The van der Waals surface area contributed by atoms with Crippen LogP contribution >= 0.6 is 27.3 Å². The average Bonchev–Trinajstić information content (AvgIpc) is 2.85. The molecule has 116 valence electrons. The topological polar surface area (TPSA) is 34.4 Å². The lowest BCUT2D eigenvalue weighted by molar-refractivity contribution is 0.0998. The molecular weight excluding hydrogens is 372 g/mol. The number of hydrogen-bond acceptors (Lipinski definition) is 2. The van der Waals surface area contributed by atoms with Crippen LogP contribution in [0.3, 0.4) is 0 Å². The zero-order valence-electron chi connectivity index (χ0n) is 12.6. The molecule has 3 nitrogen and oxygen atoms in total. The van der Waals surface area contributed by atoms with Crippen LogP contribution in [0.5, 0.6) is 0 Å². The van der Waals surface area contributed by atoms with E-state index in [1.165, 1.54) is 11.3 Å². The maximum Gasteiger partial charge on any atom is 0.279 e. The third-order valence-corrected chi connectivity index (χ3v) is 4.99. The largest absolute Gasteiger partial charge is 0.312 e. The summed E-state index contributed by atoms with van der Waals surface area (Å²) in [6.45, 7) is 6.40. The first-order valence-corrected chi connectivity index (χ1v) is 8.75. The molecule has 0 spiro atoms. The maximum absolute atomic E-state index is 12.4. The Kier molecular flexibility index (Phi) is 4.59. The molecule has 0 aliphatic rings. The molecule has 0 radical (unpaired) electrons. The number of hydrogen-bond donors (Lipinski definition) is 0. The van der Waals surface area contributed by atoms with Gasteiger partial charge in [-0.15, -0.1) is 6.58 Å². The Morgan fingerprint density at radius 1 is 1.30 bits per heavy atom. The number of allylic oxidation sites excluding steroid dienone is 1. The molecule has 23 heavy (non-hydrogen) atoms. The van der Waals surface area contributed by atoms with Crippen LogP contribution in [0.1, 0.15) is 15.9 Å². The van der Waals surface area contributed by atoms with Gasteiger partial charge >= 0.3 is 0 Å². The van der Waals surface area contributed by atoms with Gasteiger partial charge in [-0.2, -0.15) is 4.99 Å². The molecular formula is C18H15BrN2OS. The summed E-state index contributed by atoms with van der Waals surface area (Å²) in [7, 11) is 0. The van der Waals surface area contributed by atoms with E-state index in [1.54, 1.807) is 0 Å². The molecule has 3 aromatic rings. The second kappa shape index (κ2) is 6.64. The third-order valence-electron chi connectivity index (χ3n) is 3.45. The van der Waals surface area contributed by atoms with Gasteiger partial charge in [-0.1, -0.05) is 51.0 Å². The molecule has 1 amide bonds. The maximum atomic E-state index is 12.4. The third kappa shape index (κ3) is 3.35. The summed E-state index contributed by atoms with van der Waals surface area (Å²) in [5.41, 5.74) is 2.77. The Morgan fingerprint density at radius 2 is 2.04 bits per heavy atom. The Balaban J connectivity index is 2.13. The molecule has 1 aromatic heterocycles. The Morgan fingerprint density at radius 3 is 2.74 bits per heavy atom. The second-order valence-corrected chi connectivity index (χ2v) is 7.10. The Labute approximate surface area is 146 Å². The fourth-order valence-corrected chi connectivity index (χ4v) is 3.88. The van der Waals surface area contributed by atoms with Gasteiger partial charge in [0.2, 0.25) is 0 Å². The molecule has 1 heterocycles. The van der Waals surface area contributed by atoms with Crippen molar-refractivity contribution in [3.63, 3.8) is 0 Å². The Hall–Kier alpha value is -1.98. The number of carbonyl (C=O) groups is 1. The summed E-state index contributed by atoms with van der Waals surface area (Å²) in [5, 5.41) is 0. The van der Waals surface area contributed by atoms with Gasteiger partial charge in [-0.3, -0.25) is 4.79 Å². The molecule has 0 aliphatic carbocycles. The summed E-state index contributed by atoms with van der Waals surface area (Å²) < 4.78 is 4.09. The van der Waals surface area contributed by atoms with Gasteiger partial charge < -0.3 is 4.57 Å². The van der Waals surface area contributed by atoms with Gasteiger partial charge in [0.1, 0.15) is 0 Å². The highest BCUT2D eigenvalue weighted by Crippen LogP contribution is 2.22. The second-order valence-electron chi connectivity index (χ2n) is 5.18. The number of aromatic nitrogens is 1. The summed E-state index contributed by atoms with van der Waals surface area (Å²) in [4.78, 5) is 17.4. The molecule has 0 saturated carbocycles. The lowest BCUT2D eigenvalue weighted by Gasteiger charge is -2.01. The van der Waals surface area contributed by atoms with Crippen LogP contribution in [0.2, 0.25) is 0 Å². The fourth-order valence-electron chi connectivity index (χ4n) is 2.29. The van der Waals surface area contributed by atoms with Gasteiger partial charge in [0.15, 0.2) is 4.80 Å². The van der Waals surface area contributed by atoms with Crippen molar-refractivity contribution in [1.82, 2.24) is 4.57 Å². The smallest absolute Gasteiger partial charge is 0.279 e. The SMILES string of the molecule is C=CCn1c(=NC(=O)c2ccc(C)cc2)sc2cc(Br)ccc21. The summed E-state index contributed by atoms with van der Waals surface area (Å²) in [6, 6.07) is 13.5. The quantitative estimate of drug-likeness (QED) is 0.600. The van der Waals surface area contributed by atoms with Crippen LogP contribution in [0.4, 0.5) is 0 Å². The number of nitrogens with zero attached hydrogens (tertiary/aromatic N) is 2. The van der Waals surface area contributed by atoms with E-state index in [2.05, 4.69) is 27.5 Å². The normalized spacial score (nSPS) is 11.8. The van der Waals surface area contributed by atoms with Gasteiger partial charge in [0, 0.05) is 16.6 Å². The first kappa shape index (κ1) is 15.9. The van der Waals surface area contributed by atoms with E-state index in [-0.39, 0.29) is 5.91 Å². The van der Waals surface area contributed by atoms with Crippen LogP contribution in [0, 0.1) is 6.92 Å². The van der Waals surface area contributed by atoms with Gasteiger partial charge in [0.05, 0.1) is 10.2 Å². The number of fused-ring (bicyclic) bond motifs is 1. The lowest BCUT2D eigenvalue weighted by atomic mass is 10.1. The highest BCUT2D eigenvalue weighted by molar-refractivity contribution is 9.10. The fraction of sp³-hybridized carbons (Fsp3) is 0.111. The predicted octanol–water partition coefficient (Wildman–Crippen LogP) is 4.70. The van der Waals surface area contributed by atoms with Crippen LogP contribution in [0.25, 0.3) is 10.2 Å². The standard InChI is InChI=1S/C18H15BrN2OS/c1-3-10-21-15-9-8-14(19)11-16(15)23-18(21)20-17(22)13-6-4-12(2)5-7-13/h3-9,11H,1,10H2,2H3. The van der Waals surface area contributed by atoms with Crippen molar-refractivity contribution < 1.29 is 4.79 Å². The summed E-state index contributed by atoms with van der Waals surface area (Å²) >= 11 is 4.98. The van der Waals surface area contributed by atoms with Crippen molar-refractivity contribution in [1.29, 1.82) is 0 Å². The average molecular weight is 387 g/mol. The molecule has 0 N–H and O–H groups in total. The minimum absolute atomic E-state index is 0.228. The van der Waals surface area contributed by atoms with E-state index in [0.717, 1.165) is 20.3 Å². The van der Waals surface area contributed by atoms with Crippen molar-refractivity contribution in [2.45, 2.75) is 13.5 Å². The van der Waals surface area contributed by atoms with Crippen LogP contribution in [-0.2, 0) is 6.54 Å². The molecule has 0 unspecified atom stereocenters. The van der Waals surface area contributed by atoms with Crippen molar-refractivity contribution in [2.24, 2.45) is 4.99 Å². The molecule has 0 atom stereocenters. The molecule has 3 rings (SSSR count). The van der Waals surface area contributed by atoms with E-state index < -0.39 is 0 Å². The minimum atomic E-state index is -0.228. The van der Waals surface area contributed by atoms with E-state index in [0.29, 0.717) is 16.9 Å². The van der Waals surface area contributed by atoms with E-state index in [1.807, 2.05) is 60.0 Å². The number of benzene rings is 2.